The molecule has 1 aromatic carbocycles. The van der Waals surface area contributed by atoms with Crippen molar-refractivity contribution in [2.24, 2.45) is 0 Å². The van der Waals surface area contributed by atoms with Gasteiger partial charge < -0.3 is 14.8 Å². The number of hydrogen-bond acceptors (Lipinski definition) is 4. The van der Waals surface area contributed by atoms with Crippen molar-refractivity contribution in [3.05, 3.63) is 22.7 Å². The van der Waals surface area contributed by atoms with Crippen molar-refractivity contribution in [3.8, 4) is 11.5 Å². The minimum atomic E-state index is -0.735. The molecule has 1 N–H and O–H groups in total. The normalized spacial score (nSPS) is 16.4. The molecule has 1 aliphatic heterocycles. The Morgan fingerprint density at radius 3 is 3.00 bits per heavy atom. The Morgan fingerprint density at radius 2 is 2.26 bits per heavy atom. The lowest BCUT2D eigenvalue weighted by atomic mass is 10.2. The average molecular weight is 304 g/mol. The van der Waals surface area contributed by atoms with Crippen molar-refractivity contribution in [1.29, 1.82) is 0 Å². The standard InChI is InChI=1S/C13H18ClNO3S/c1-9(3-4-19(2)16)15-7-10-5-11(14)13-12(6-10)17-8-18-13/h5-6,9,15H,3-4,7-8H2,1-2H3. The first kappa shape index (κ1) is 14.6. The van der Waals surface area contributed by atoms with E-state index in [9.17, 15) is 4.21 Å². The highest BCUT2D eigenvalue weighted by Crippen LogP contribution is 2.39. The molecule has 0 bridgehead atoms. The van der Waals surface area contributed by atoms with E-state index >= 15 is 0 Å². The third kappa shape index (κ3) is 4.09. The zero-order valence-electron chi connectivity index (χ0n) is 11.1. The lowest BCUT2D eigenvalue weighted by molar-refractivity contribution is 0.174. The van der Waals surface area contributed by atoms with Crippen LogP contribution >= 0.6 is 11.6 Å². The molecule has 2 unspecified atom stereocenters. The molecule has 2 atom stereocenters. The number of ether oxygens (including phenoxy) is 2. The summed E-state index contributed by atoms with van der Waals surface area (Å²) in [5.74, 6) is 2.04. The van der Waals surface area contributed by atoms with E-state index in [4.69, 9.17) is 21.1 Å². The van der Waals surface area contributed by atoms with E-state index in [2.05, 4.69) is 12.2 Å². The molecule has 4 nitrogen and oxygen atoms in total. The molecular formula is C13H18ClNO3S. The molecule has 0 saturated carbocycles. The summed E-state index contributed by atoms with van der Waals surface area (Å²) >= 11 is 6.12. The third-order valence-corrected chi connectivity index (χ3v) is 4.07. The molecule has 0 fully saturated rings. The molecule has 0 aliphatic carbocycles. The van der Waals surface area contributed by atoms with Crippen LogP contribution in [0.25, 0.3) is 0 Å². The van der Waals surface area contributed by atoms with Crippen LogP contribution in [0.5, 0.6) is 11.5 Å². The number of nitrogens with one attached hydrogen (secondary N) is 1. The van der Waals surface area contributed by atoms with Gasteiger partial charge in [0.15, 0.2) is 11.5 Å². The van der Waals surface area contributed by atoms with E-state index in [1.165, 1.54) is 0 Å². The van der Waals surface area contributed by atoms with Gasteiger partial charge in [-0.2, -0.15) is 0 Å². The van der Waals surface area contributed by atoms with Crippen LogP contribution in [0.3, 0.4) is 0 Å². The Hall–Kier alpha value is -0.780. The molecule has 6 heteroatoms. The summed E-state index contributed by atoms with van der Waals surface area (Å²) in [5.41, 5.74) is 1.05. The van der Waals surface area contributed by atoms with Crippen LogP contribution in [0.4, 0.5) is 0 Å². The first-order valence-corrected chi connectivity index (χ1v) is 8.28. The SMILES string of the molecule is CC(CCS(C)=O)NCc1cc(Cl)c2c(c1)OCO2. The minimum Gasteiger partial charge on any atom is -0.454 e. The van der Waals surface area contributed by atoms with Gasteiger partial charge in [0, 0.05) is 35.4 Å². The summed E-state index contributed by atoms with van der Waals surface area (Å²) in [6.07, 6.45) is 2.62. The fraction of sp³-hybridized carbons (Fsp3) is 0.538. The molecule has 19 heavy (non-hydrogen) atoms. The van der Waals surface area contributed by atoms with Gasteiger partial charge in [0.25, 0.3) is 0 Å². The molecule has 0 spiro atoms. The van der Waals surface area contributed by atoms with Crippen molar-refractivity contribution in [1.82, 2.24) is 5.32 Å². The van der Waals surface area contributed by atoms with Crippen LogP contribution in [-0.2, 0) is 17.3 Å². The van der Waals surface area contributed by atoms with Gasteiger partial charge in [0.1, 0.15) is 0 Å². The summed E-state index contributed by atoms with van der Waals surface area (Å²) in [6.45, 7) is 3.01. The predicted octanol–water partition coefficient (Wildman–Crippen LogP) is 2.32. The number of hydrogen-bond donors (Lipinski definition) is 1. The highest BCUT2D eigenvalue weighted by molar-refractivity contribution is 7.84. The summed E-state index contributed by atoms with van der Waals surface area (Å²) in [6, 6.07) is 4.13. The summed E-state index contributed by atoms with van der Waals surface area (Å²) in [5, 5.41) is 3.96. The van der Waals surface area contributed by atoms with E-state index in [0.717, 1.165) is 17.7 Å². The second-order valence-electron chi connectivity index (χ2n) is 4.66. The highest BCUT2D eigenvalue weighted by Gasteiger charge is 2.18. The van der Waals surface area contributed by atoms with Crippen LogP contribution < -0.4 is 14.8 Å². The lowest BCUT2D eigenvalue weighted by Crippen LogP contribution is -2.26. The quantitative estimate of drug-likeness (QED) is 0.876. The van der Waals surface area contributed by atoms with Crippen molar-refractivity contribution in [3.63, 3.8) is 0 Å². The Morgan fingerprint density at radius 1 is 1.47 bits per heavy atom. The molecule has 0 radical (unpaired) electrons. The van der Waals surface area contributed by atoms with Crippen LogP contribution in [0, 0.1) is 0 Å². The fourth-order valence-electron chi connectivity index (χ4n) is 1.86. The first-order valence-electron chi connectivity index (χ1n) is 6.17. The first-order chi connectivity index (χ1) is 9.06. The maximum Gasteiger partial charge on any atom is 0.231 e. The molecule has 0 aromatic heterocycles. The van der Waals surface area contributed by atoms with Gasteiger partial charge in [-0.3, -0.25) is 4.21 Å². The number of benzene rings is 1. The van der Waals surface area contributed by atoms with Gasteiger partial charge in [0.2, 0.25) is 6.79 Å². The zero-order chi connectivity index (χ0) is 13.8. The molecule has 0 amide bonds. The van der Waals surface area contributed by atoms with Crippen molar-refractivity contribution >= 4 is 22.4 Å². The maximum atomic E-state index is 11.0. The van der Waals surface area contributed by atoms with Gasteiger partial charge in [-0.05, 0) is 31.0 Å². The van der Waals surface area contributed by atoms with Gasteiger partial charge in [0.05, 0.1) is 5.02 Å². The minimum absolute atomic E-state index is 0.227. The van der Waals surface area contributed by atoms with E-state index in [-0.39, 0.29) is 6.79 Å². The Balaban J connectivity index is 1.89. The zero-order valence-corrected chi connectivity index (χ0v) is 12.6. The smallest absolute Gasteiger partial charge is 0.231 e. The monoisotopic (exact) mass is 303 g/mol. The number of rotatable bonds is 6. The van der Waals surface area contributed by atoms with Crippen LogP contribution in [-0.4, -0.2) is 29.1 Å². The van der Waals surface area contributed by atoms with Crippen molar-refractivity contribution in [2.45, 2.75) is 25.9 Å². The van der Waals surface area contributed by atoms with Gasteiger partial charge in [-0.1, -0.05) is 11.6 Å². The number of fused-ring (bicyclic) bond motifs is 1. The average Bonchev–Trinajstić information content (AvgIpc) is 2.82. The van der Waals surface area contributed by atoms with E-state index in [1.807, 2.05) is 12.1 Å². The van der Waals surface area contributed by atoms with E-state index in [1.54, 1.807) is 6.26 Å². The van der Waals surface area contributed by atoms with Crippen LogP contribution in [0.15, 0.2) is 12.1 Å². The molecular weight excluding hydrogens is 286 g/mol. The molecule has 1 aliphatic rings. The topological polar surface area (TPSA) is 47.6 Å². The van der Waals surface area contributed by atoms with Gasteiger partial charge >= 0.3 is 0 Å². The second kappa shape index (κ2) is 6.59. The van der Waals surface area contributed by atoms with Crippen LogP contribution in [0.2, 0.25) is 5.02 Å². The summed E-state index contributed by atoms with van der Waals surface area (Å²) in [4.78, 5) is 0. The Labute approximate surface area is 120 Å². The Bertz CT molecular complexity index is 481. The molecule has 1 aromatic rings. The fourth-order valence-corrected chi connectivity index (χ4v) is 2.83. The van der Waals surface area contributed by atoms with Gasteiger partial charge in [-0.15, -0.1) is 0 Å². The summed E-state index contributed by atoms with van der Waals surface area (Å²) in [7, 11) is -0.735. The molecule has 106 valence electrons. The Kier molecular flexibility index (Phi) is 5.07. The molecule has 2 rings (SSSR count). The highest BCUT2D eigenvalue weighted by atomic mass is 35.5. The predicted molar refractivity (Wildman–Crippen MR) is 77.4 cm³/mol. The van der Waals surface area contributed by atoms with Crippen molar-refractivity contribution in [2.75, 3.05) is 18.8 Å². The van der Waals surface area contributed by atoms with Gasteiger partial charge in [-0.25, -0.2) is 0 Å². The van der Waals surface area contributed by atoms with E-state index < -0.39 is 10.8 Å². The summed E-state index contributed by atoms with van der Waals surface area (Å²) < 4.78 is 21.6. The van der Waals surface area contributed by atoms with Crippen LogP contribution in [0.1, 0.15) is 18.9 Å². The lowest BCUT2D eigenvalue weighted by Gasteiger charge is -2.13. The van der Waals surface area contributed by atoms with E-state index in [0.29, 0.717) is 29.1 Å². The molecule has 0 saturated heterocycles. The molecule has 1 heterocycles. The number of halogens is 1. The largest absolute Gasteiger partial charge is 0.454 e. The van der Waals surface area contributed by atoms with Crippen molar-refractivity contribution < 1.29 is 13.7 Å². The second-order valence-corrected chi connectivity index (χ2v) is 6.62. The maximum absolute atomic E-state index is 11.0. The third-order valence-electron chi connectivity index (χ3n) is 2.98.